The van der Waals surface area contributed by atoms with Gasteiger partial charge in [-0.25, -0.2) is 8.42 Å². The summed E-state index contributed by atoms with van der Waals surface area (Å²) >= 11 is 0. The van der Waals surface area contributed by atoms with Crippen LogP contribution in [0.5, 0.6) is 0 Å². The Labute approximate surface area is 106 Å². The molecule has 0 aliphatic carbocycles. The van der Waals surface area contributed by atoms with Gasteiger partial charge in [-0.15, -0.1) is 0 Å². The zero-order valence-corrected chi connectivity index (χ0v) is 10.7. The van der Waals surface area contributed by atoms with E-state index in [9.17, 15) is 35.2 Å². The van der Waals surface area contributed by atoms with Crippen molar-refractivity contribution in [3.63, 3.8) is 0 Å². The predicted molar refractivity (Wildman–Crippen MR) is 55.4 cm³/mol. The monoisotopic (exact) mass is 309 g/mol. The molecule has 0 N–H and O–H groups in total. The maximum atomic E-state index is 12.9. The maximum Gasteiger partial charge on any atom is 0.463 e. The highest BCUT2D eigenvalue weighted by molar-refractivity contribution is 7.91. The molecule has 112 valence electrons. The van der Waals surface area contributed by atoms with Gasteiger partial charge in [0.1, 0.15) is 0 Å². The Morgan fingerprint density at radius 2 is 1.79 bits per heavy atom. The van der Waals surface area contributed by atoms with E-state index >= 15 is 0 Å². The Balaban J connectivity index is 2.96. The first-order valence-corrected chi connectivity index (χ1v) is 7.20. The topological polar surface area (TPSA) is 54.5 Å². The van der Waals surface area contributed by atoms with Crippen LogP contribution in [-0.4, -0.2) is 55.4 Å². The molecule has 0 radical (unpaired) electrons. The van der Waals surface area contributed by atoms with E-state index in [0.29, 0.717) is 0 Å². The average molecular weight is 309 g/mol. The third-order valence-corrected chi connectivity index (χ3v) is 4.63. The summed E-state index contributed by atoms with van der Waals surface area (Å²) in [5.74, 6) is -8.81. The van der Waals surface area contributed by atoms with Gasteiger partial charge < -0.3 is 4.90 Å². The summed E-state index contributed by atoms with van der Waals surface area (Å²) in [6.45, 7) is 0.806. The molecule has 1 unspecified atom stereocenters. The molecule has 1 amide bonds. The Morgan fingerprint density at radius 1 is 1.26 bits per heavy atom. The van der Waals surface area contributed by atoms with Gasteiger partial charge in [0.25, 0.3) is 0 Å². The standard InChI is InChI=1S/C9H12F5NO3S/c1-2-15(6-3-4-19(17,18)5-6)7(16)8(10,11)9(12,13)14/h6H,2-5H2,1H3. The number of hydrogen-bond acceptors (Lipinski definition) is 3. The van der Waals surface area contributed by atoms with Crippen LogP contribution in [0.25, 0.3) is 0 Å². The molecule has 0 aromatic heterocycles. The lowest BCUT2D eigenvalue weighted by atomic mass is 10.2. The molecular formula is C9H12F5NO3S. The van der Waals surface area contributed by atoms with E-state index in [1.54, 1.807) is 0 Å². The first-order valence-electron chi connectivity index (χ1n) is 5.38. The minimum Gasteiger partial charge on any atom is -0.333 e. The van der Waals surface area contributed by atoms with Crippen LogP contribution in [0.2, 0.25) is 0 Å². The summed E-state index contributed by atoms with van der Waals surface area (Å²) in [6.07, 6.45) is -6.12. The third kappa shape index (κ3) is 3.15. The number of sulfone groups is 1. The number of nitrogens with zero attached hydrogens (tertiary/aromatic N) is 1. The Kier molecular flexibility index (Phi) is 4.14. The van der Waals surface area contributed by atoms with Gasteiger partial charge in [-0.05, 0) is 13.3 Å². The van der Waals surface area contributed by atoms with Crippen molar-refractivity contribution in [2.45, 2.75) is 31.5 Å². The summed E-state index contributed by atoms with van der Waals surface area (Å²) in [5, 5.41) is 0. The van der Waals surface area contributed by atoms with E-state index in [4.69, 9.17) is 0 Å². The molecule has 1 heterocycles. The molecule has 0 aromatic rings. The quantitative estimate of drug-likeness (QED) is 0.737. The molecule has 0 bridgehead atoms. The molecule has 4 nitrogen and oxygen atoms in total. The number of carbonyl (C=O) groups is 1. The van der Waals surface area contributed by atoms with Gasteiger partial charge in [0.05, 0.1) is 11.5 Å². The molecule has 1 fully saturated rings. The van der Waals surface area contributed by atoms with Crippen LogP contribution in [0.15, 0.2) is 0 Å². The fourth-order valence-corrected chi connectivity index (χ4v) is 3.62. The molecule has 1 aliphatic heterocycles. The molecule has 0 saturated carbocycles. The van der Waals surface area contributed by atoms with Crippen LogP contribution in [-0.2, 0) is 14.6 Å². The Hall–Kier alpha value is -0.930. The second-order valence-corrected chi connectivity index (χ2v) is 6.45. The second-order valence-electron chi connectivity index (χ2n) is 4.22. The van der Waals surface area contributed by atoms with Crippen molar-refractivity contribution in [2.75, 3.05) is 18.1 Å². The van der Waals surface area contributed by atoms with Gasteiger partial charge in [-0.3, -0.25) is 4.79 Å². The number of halogens is 5. The molecule has 0 spiro atoms. The first-order chi connectivity index (χ1) is 8.42. The number of amides is 1. The fourth-order valence-electron chi connectivity index (χ4n) is 1.89. The third-order valence-electron chi connectivity index (χ3n) is 2.88. The maximum absolute atomic E-state index is 12.9. The number of rotatable bonds is 3. The summed E-state index contributed by atoms with van der Waals surface area (Å²) in [4.78, 5) is 11.6. The molecule has 1 rings (SSSR count). The highest BCUT2D eigenvalue weighted by Gasteiger charge is 2.65. The summed E-state index contributed by atoms with van der Waals surface area (Å²) in [7, 11) is -3.49. The summed E-state index contributed by atoms with van der Waals surface area (Å²) in [6, 6.07) is -1.13. The van der Waals surface area contributed by atoms with Crippen LogP contribution in [0.1, 0.15) is 13.3 Å². The van der Waals surface area contributed by atoms with Crippen molar-refractivity contribution >= 4 is 15.7 Å². The average Bonchev–Trinajstić information content (AvgIpc) is 2.58. The molecule has 1 atom stereocenters. The van der Waals surface area contributed by atoms with Crippen LogP contribution in [0.3, 0.4) is 0 Å². The largest absolute Gasteiger partial charge is 0.463 e. The van der Waals surface area contributed by atoms with Gasteiger partial charge >= 0.3 is 18.0 Å². The molecule has 1 saturated heterocycles. The molecule has 10 heteroatoms. The zero-order valence-electron chi connectivity index (χ0n) is 9.88. The smallest absolute Gasteiger partial charge is 0.333 e. The number of hydrogen-bond donors (Lipinski definition) is 0. The van der Waals surface area contributed by atoms with Crippen LogP contribution < -0.4 is 0 Å². The lowest BCUT2D eigenvalue weighted by molar-refractivity contribution is -0.275. The van der Waals surface area contributed by atoms with Crippen molar-refractivity contribution in [3.8, 4) is 0 Å². The highest BCUT2D eigenvalue weighted by Crippen LogP contribution is 2.37. The van der Waals surface area contributed by atoms with Crippen molar-refractivity contribution in [3.05, 3.63) is 0 Å². The molecule has 0 aromatic carbocycles. The number of alkyl halides is 5. The first kappa shape index (κ1) is 16.1. The van der Waals surface area contributed by atoms with Gasteiger partial charge in [0.2, 0.25) is 0 Å². The van der Waals surface area contributed by atoms with E-state index in [1.807, 2.05) is 0 Å². The Morgan fingerprint density at radius 3 is 2.11 bits per heavy atom. The zero-order chi connectivity index (χ0) is 15.1. The summed E-state index contributed by atoms with van der Waals surface area (Å²) < 4.78 is 84.6. The van der Waals surface area contributed by atoms with E-state index < -0.39 is 46.2 Å². The predicted octanol–water partition coefficient (Wildman–Crippen LogP) is 1.22. The Bertz CT molecular complexity index is 459. The molecular weight excluding hydrogens is 297 g/mol. The van der Waals surface area contributed by atoms with Gasteiger partial charge in [0.15, 0.2) is 9.84 Å². The van der Waals surface area contributed by atoms with Gasteiger partial charge in [-0.2, -0.15) is 22.0 Å². The van der Waals surface area contributed by atoms with Crippen LogP contribution >= 0.6 is 0 Å². The van der Waals surface area contributed by atoms with E-state index in [-0.39, 0.29) is 17.1 Å². The number of carbonyl (C=O) groups excluding carboxylic acids is 1. The molecule has 1 aliphatic rings. The van der Waals surface area contributed by atoms with Gasteiger partial charge in [0, 0.05) is 12.6 Å². The SMILES string of the molecule is CCN(C(=O)C(F)(F)C(F)(F)F)C1CCS(=O)(=O)C1. The highest BCUT2D eigenvalue weighted by atomic mass is 32.2. The second kappa shape index (κ2) is 4.88. The molecule has 19 heavy (non-hydrogen) atoms. The van der Waals surface area contributed by atoms with Crippen molar-refractivity contribution < 1.29 is 35.2 Å². The summed E-state index contributed by atoms with van der Waals surface area (Å²) in [5.41, 5.74) is 0. The fraction of sp³-hybridized carbons (Fsp3) is 0.889. The van der Waals surface area contributed by atoms with Crippen molar-refractivity contribution in [2.24, 2.45) is 0 Å². The minimum atomic E-state index is -5.99. The normalized spacial score (nSPS) is 23.4. The van der Waals surface area contributed by atoms with E-state index in [1.165, 1.54) is 6.92 Å². The van der Waals surface area contributed by atoms with Crippen LogP contribution in [0.4, 0.5) is 22.0 Å². The lowest BCUT2D eigenvalue weighted by Crippen LogP contribution is -2.55. The van der Waals surface area contributed by atoms with Crippen LogP contribution in [0, 0.1) is 0 Å². The van der Waals surface area contributed by atoms with E-state index in [2.05, 4.69) is 0 Å². The van der Waals surface area contributed by atoms with Gasteiger partial charge in [-0.1, -0.05) is 0 Å². The lowest BCUT2D eigenvalue weighted by Gasteiger charge is -2.31. The van der Waals surface area contributed by atoms with Crippen molar-refractivity contribution in [1.29, 1.82) is 0 Å². The van der Waals surface area contributed by atoms with Crippen molar-refractivity contribution in [1.82, 2.24) is 4.90 Å². The minimum absolute atomic E-state index is 0.129. The van der Waals surface area contributed by atoms with E-state index in [0.717, 1.165) is 0 Å².